The van der Waals surface area contributed by atoms with E-state index in [0.29, 0.717) is 0 Å². The van der Waals surface area contributed by atoms with Gasteiger partial charge in [-0.3, -0.25) is 0 Å². The topological polar surface area (TPSA) is 20.2 Å². The Bertz CT molecular complexity index is 399. The molecule has 0 amide bonds. The molecule has 1 aromatic carbocycles. The van der Waals surface area contributed by atoms with E-state index in [0.717, 1.165) is 24.0 Å². The minimum Gasteiger partial charge on any atom is -0.508 e. The van der Waals surface area contributed by atoms with E-state index in [4.69, 9.17) is 0 Å². The summed E-state index contributed by atoms with van der Waals surface area (Å²) < 4.78 is 0. The van der Waals surface area contributed by atoms with Crippen molar-refractivity contribution < 1.29 is 5.11 Å². The number of aryl methyl sites for hydroxylation is 1. The van der Waals surface area contributed by atoms with E-state index in [2.05, 4.69) is 25.3 Å². The summed E-state index contributed by atoms with van der Waals surface area (Å²) in [5, 5.41) is 9.67. The fourth-order valence-corrected chi connectivity index (χ4v) is 1.40. The molecule has 0 aliphatic carbocycles. The van der Waals surface area contributed by atoms with Crippen LogP contribution in [-0.2, 0) is 6.42 Å². The Labute approximate surface area is 97.4 Å². The second-order valence-electron chi connectivity index (χ2n) is 3.97. The summed E-state index contributed by atoms with van der Waals surface area (Å²) in [5.41, 5.74) is 2.84. The molecule has 0 saturated carbocycles. The van der Waals surface area contributed by atoms with Gasteiger partial charge in [0.05, 0.1) is 0 Å². The Morgan fingerprint density at radius 3 is 2.44 bits per heavy atom. The summed E-state index contributed by atoms with van der Waals surface area (Å²) in [6.07, 6.45) is 3.31. The van der Waals surface area contributed by atoms with Crippen molar-refractivity contribution in [3.63, 3.8) is 0 Å². The molecule has 1 N–H and O–H groups in total. The van der Waals surface area contributed by atoms with Gasteiger partial charge in [0.15, 0.2) is 0 Å². The molecule has 0 heterocycles. The molecule has 1 rings (SSSR count). The molecule has 0 atom stereocenters. The van der Waals surface area contributed by atoms with Crippen molar-refractivity contribution in [1.29, 1.82) is 0 Å². The van der Waals surface area contributed by atoms with Crippen molar-refractivity contribution in [3.05, 3.63) is 72.0 Å². The molecule has 0 spiro atoms. The zero-order valence-corrected chi connectivity index (χ0v) is 9.74. The van der Waals surface area contributed by atoms with Crippen molar-refractivity contribution in [2.45, 2.75) is 19.8 Å². The molecular weight excluding hydrogens is 196 g/mol. The van der Waals surface area contributed by atoms with Gasteiger partial charge < -0.3 is 5.11 Å². The molecule has 0 fully saturated rings. The van der Waals surface area contributed by atoms with Crippen molar-refractivity contribution in [3.8, 4) is 0 Å². The maximum Gasteiger partial charge on any atom is 0.118 e. The van der Waals surface area contributed by atoms with E-state index in [1.165, 1.54) is 5.56 Å². The monoisotopic (exact) mass is 214 g/mol. The fraction of sp³-hybridized carbons (Fsp3) is 0.200. The summed E-state index contributed by atoms with van der Waals surface area (Å²) >= 11 is 0. The maximum atomic E-state index is 9.67. The zero-order valence-electron chi connectivity index (χ0n) is 9.74. The van der Waals surface area contributed by atoms with E-state index in [1.807, 2.05) is 25.1 Å². The molecule has 0 bridgehead atoms. The zero-order chi connectivity index (χ0) is 12.0. The predicted octanol–water partition coefficient (Wildman–Crippen LogP) is 4.19. The minimum atomic E-state index is 0.239. The van der Waals surface area contributed by atoms with Gasteiger partial charge in [0.1, 0.15) is 5.76 Å². The van der Waals surface area contributed by atoms with E-state index < -0.39 is 0 Å². The lowest BCUT2D eigenvalue weighted by atomic mass is 10.0. The molecule has 0 saturated heterocycles. The average molecular weight is 214 g/mol. The molecule has 1 heteroatoms. The molecule has 0 radical (unpaired) electrons. The van der Waals surface area contributed by atoms with Crippen molar-refractivity contribution in [2.75, 3.05) is 0 Å². The van der Waals surface area contributed by atoms with Crippen LogP contribution in [0, 0.1) is 0 Å². The molecule has 84 valence electrons. The third kappa shape index (κ3) is 4.18. The van der Waals surface area contributed by atoms with Crippen molar-refractivity contribution in [1.82, 2.24) is 0 Å². The summed E-state index contributed by atoms with van der Waals surface area (Å²) in [6.45, 7) is 9.43. The van der Waals surface area contributed by atoms with E-state index in [9.17, 15) is 5.11 Å². The number of aliphatic hydroxyl groups is 1. The maximum absolute atomic E-state index is 9.67. The molecule has 16 heavy (non-hydrogen) atoms. The van der Waals surface area contributed by atoms with Gasteiger partial charge in [-0.1, -0.05) is 49.1 Å². The van der Waals surface area contributed by atoms with Crippen LogP contribution in [0.2, 0.25) is 0 Å². The minimum absolute atomic E-state index is 0.239. The highest BCUT2D eigenvalue weighted by Crippen LogP contribution is 2.14. The Morgan fingerprint density at radius 1 is 1.25 bits per heavy atom. The highest BCUT2D eigenvalue weighted by molar-refractivity contribution is 5.29. The number of aliphatic hydroxyl groups excluding tert-OH is 1. The summed E-state index contributed by atoms with van der Waals surface area (Å²) in [4.78, 5) is 0. The van der Waals surface area contributed by atoms with Crippen LogP contribution in [0.25, 0.3) is 0 Å². The Kier molecular flexibility index (Phi) is 4.59. The summed E-state index contributed by atoms with van der Waals surface area (Å²) in [5.74, 6) is 0.239. The lowest BCUT2D eigenvalue weighted by molar-refractivity contribution is 0.419. The molecule has 1 aromatic rings. The van der Waals surface area contributed by atoms with Crippen LogP contribution in [0.15, 0.2) is 66.5 Å². The molecule has 0 aliphatic rings. The predicted molar refractivity (Wildman–Crippen MR) is 69.4 cm³/mol. The quantitative estimate of drug-likeness (QED) is 0.575. The van der Waals surface area contributed by atoms with Gasteiger partial charge in [0, 0.05) is 0 Å². The van der Waals surface area contributed by atoms with Crippen LogP contribution in [0.1, 0.15) is 18.9 Å². The van der Waals surface area contributed by atoms with Crippen LogP contribution in [0.3, 0.4) is 0 Å². The van der Waals surface area contributed by atoms with Gasteiger partial charge >= 0.3 is 0 Å². The van der Waals surface area contributed by atoms with E-state index in [1.54, 1.807) is 6.08 Å². The van der Waals surface area contributed by atoms with Gasteiger partial charge in [0.25, 0.3) is 0 Å². The molecule has 0 aliphatic heterocycles. The van der Waals surface area contributed by atoms with Gasteiger partial charge in [-0.05, 0) is 37.0 Å². The van der Waals surface area contributed by atoms with Gasteiger partial charge in [0.2, 0.25) is 0 Å². The second-order valence-corrected chi connectivity index (χ2v) is 3.97. The lowest BCUT2D eigenvalue weighted by Crippen LogP contribution is -1.92. The first kappa shape index (κ1) is 12.3. The highest BCUT2D eigenvalue weighted by atomic mass is 16.3. The first-order chi connectivity index (χ1) is 7.59. The van der Waals surface area contributed by atoms with Crippen molar-refractivity contribution >= 4 is 0 Å². The standard InChI is InChI=1S/C15H18O/c1-12(2)11-15(16)13(3)9-10-14-7-5-4-6-8-14/h4-8,11,16H,1,3,9-10H2,2H3/b15-11+. The third-order valence-corrected chi connectivity index (χ3v) is 2.30. The Morgan fingerprint density at radius 2 is 1.88 bits per heavy atom. The van der Waals surface area contributed by atoms with Gasteiger partial charge in [-0.25, -0.2) is 0 Å². The lowest BCUT2D eigenvalue weighted by Gasteiger charge is -2.05. The highest BCUT2D eigenvalue weighted by Gasteiger charge is 2.01. The fourth-order valence-electron chi connectivity index (χ4n) is 1.40. The van der Waals surface area contributed by atoms with Crippen LogP contribution < -0.4 is 0 Å². The van der Waals surface area contributed by atoms with Crippen molar-refractivity contribution in [2.24, 2.45) is 0 Å². The van der Waals surface area contributed by atoms with Crippen LogP contribution in [-0.4, -0.2) is 5.11 Å². The third-order valence-electron chi connectivity index (χ3n) is 2.30. The van der Waals surface area contributed by atoms with Gasteiger partial charge in [-0.2, -0.15) is 0 Å². The average Bonchev–Trinajstić information content (AvgIpc) is 2.26. The number of benzene rings is 1. The number of hydrogen-bond acceptors (Lipinski definition) is 1. The summed E-state index contributed by atoms with van der Waals surface area (Å²) in [7, 11) is 0. The number of hydrogen-bond donors (Lipinski definition) is 1. The normalized spacial score (nSPS) is 11.2. The number of allylic oxidation sites excluding steroid dienone is 3. The number of rotatable bonds is 5. The largest absolute Gasteiger partial charge is 0.508 e. The van der Waals surface area contributed by atoms with Crippen LogP contribution >= 0.6 is 0 Å². The molecule has 1 nitrogen and oxygen atoms in total. The second kappa shape index (κ2) is 5.96. The van der Waals surface area contributed by atoms with Crippen LogP contribution in [0.5, 0.6) is 0 Å². The Hall–Kier alpha value is -1.76. The van der Waals surface area contributed by atoms with E-state index >= 15 is 0 Å². The first-order valence-corrected chi connectivity index (χ1v) is 5.38. The Balaban J connectivity index is 2.51. The smallest absolute Gasteiger partial charge is 0.118 e. The van der Waals surface area contributed by atoms with Gasteiger partial charge in [-0.15, -0.1) is 0 Å². The molecule has 0 unspecified atom stereocenters. The molecular formula is C15H18O. The molecule has 0 aromatic heterocycles. The summed E-state index contributed by atoms with van der Waals surface area (Å²) in [6, 6.07) is 10.2. The van der Waals surface area contributed by atoms with E-state index in [-0.39, 0.29) is 5.76 Å². The SMILES string of the molecule is C=C(C)/C=C(/O)C(=C)CCc1ccccc1. The first-order valence-electron chi connectivity index (χ1n) is 5.38. The van der Waals surface area contributed by atoms with Crippen LogP contribution in [0.4, 0.5) is 0 Å².